The van der Waals surface area contributed by atoms with Crippen LogP contribution in [0.15, 0.2) is 36.4 Å². The number of anilines is 2. The van der Waals surface area contributed by atoms with Crippen molar-refractivity contribution in [1.29, 1.82) is 0 Å². The maximum atomic E-state index is 12.7. The monoisotopic (exact) mass is 367 g/mol. The summed E-state index contributed by atoms with van der Waals surface area (Å²) in [5.41, 5.74) is 4.53. The fraction of sp³-hybridized carbons (Fsp3) is 0.381. The van der Waals surface area contributed by atoms with Gasteiger partial charge in [-0.3, -0.25) is 0 Å². The van der Waals surface area contributed by atoms with Crippen LogP contribution in [0.5, 0.6) is 11.5 Å². The van der Waals surface area contributed by atoms with Gasteiger partial charge < -0.3 is 24.6 Å². The highest BCUT2D eigenvalue weighted by atomic mass is 16.6. The lowest BCUT2D eigenvalue weighted by molar-refractivity contribution is 0.172. The predicted octanol–water partition coefficient (Wildman–Crippen LogP) is 3.43. The van der Waals surface area contributed by atoms with Gasteiger partial charge in [-0.1, -0.05) is 18.2 Å². The molecule has 0 radical (unpaired) electrons. The number of hydrogen-bond acceptors (Lipinski definition) is 4. The van der Waals surface area contributed by atoms with Crippen molar-refractivity contribution in [3.05, 3.63) is 47.5 Å². The van der Waals surface area contributed by atoms with Gasteiger partial charge in [0, 0.05) is 31.9 Å². The molecule has 2 amide bonds. The molecule has 6 heteroatoms. The highest BCUT2D eigenvalue weighted by Crippen LogP contribution is 2.37. The van der Waals surface area contributed by atoms with Gasteiger partial charge in [0.15, 0.2) is 11.5 Å². The average molecular weight is 367 g/mol. The second kappa shape index (κ2) is 7.39. The predicted molar refractivity (Wildman–Crippen MR) is 106 cm³/mol. The minimum absolute atomic E-state index is 0.0989. The second-order valence-electron chi connectivity index (χ2n) is 6.95. The lowest BCUT2D eigenvalue weighted by Gasteiger charge is -2.37. The number of rotatable bonds is 2. The molecule has 0 atom stereocenters. The Morgan fingerprint density at radius 1 is 0.963 bits per heavy atom. The molecule has 2 aromatic carbocycles. The molecule has 1 N–H and O–H groups in total. The van der Waals surface area contributed by atoms with Gasteiger partial charge >= 0.3 is 6.03 Å². The van der Waals surface area contributed by atoms with Crippen molar-refractivity contribution in [2.24, 2.45) is 0 Å². The third kappa shape index (κ3) is 3.52. The number of nitrogens with zero attached hydrogens (tertiary/aromatic N) is 2. The number of benzene rings is 2. The van der Waals surface area contributed by atoms with E-state index in [4.69, 9.17) is 9.47 Å². The van der Waals surface area contributed by atoms with E-state index >= 15 is 0 Å². The normalized spacial score (nSPS) is 16.2. The first kappa shape index (κ1) is 17.5. The van der Waals surface area contributed by atoms with E-state index in [9.17, 15) is 4.79 Å². The Bertz CT molecular complexity index is 845. The fourth-order valence-corrected chi connectivity index (χ4v) is 3.60. The van der Waals surface area contributed by atoms with Crippen molar-refractivity contribution in [3.8, 4) is 11.5 Å². The molecule has 2 aliphatic heterocycles. The summed E-state index contributed by atoms with van der Waals surface area (Å²) in [6.45, 7) is 8.34. The van der Waals surface area contributed by atoms with Gasteiger partial charge in [0.25, 0.3) is 0 Å². The number of carbonyl (C=O) groups is 1. The Hall–Kier alpha value is -2.89. The van der Waals surface area contributed by atoms with Crippen LogP contribution in [-0.2, 0) is 0 Å². The molecular formula is C21H25N3O3. The quantitative estimate of drug-likeness (QED) is 0.884. The van der Waals surface area contributed by atoms with Crippen molar-refractivity contribution >= 4 is 17.4 Å². The molecule has 4 rings (SSSR count). The van der Waals surface area contributed by atoms with Crippen LogP contribution >= 0.6 is 0 Å². The molecule has 2 aromatic rings. The highest BCUT2D eigenvalue weighted by Gasteiger charge is 2.24. The molecule has 0 bridgehead atoms. The molecule has 142 valence electrons. The van der Waals surface area contributed by atoms with Crippen LogP contribution < -0.4 is 19.7 Å². The smallest absolute Gasteiger partial charge is 0.322 e. The summed E-state index contributed by atoms with van der Waals surface area (Å²) in [6, 6.07) is 11.8. The Labute approximate surface area is 159 Å². The first-order valence-corrected chi connectivity index (χ1v) is 9.39. The minimum atomic E-state index is -0.0989. The average Bonchev–Trinajstić information content (AvgIpc) is 2.70. The van der Waals surface area contributed by atoms with E-state index in [1.54, 1.807) is 0 Å². The van der Waals surface area contributed by atoms with Crippen LogP contribution in [0, 0.1) is 13.8 Å². The maximum absolute atomic E-state index is 12.7. The van der Waals surface area contributed by atoms with Crippen LogP contribution in [-0.4, -0.2) is 50.3 Å². The molecule has 0 spiro atoms. The standard InChI is InChI=1S/C21H25N3O3/c1-15-5-3-7-18(16(15)2)23-9-11-24(12-10-23)21(25)22-17-6-4-8-19-20(17)27-14-13-26-19/h3-8H,9-14H2,1-2H3,(H,22,25). The molecule has 1 saturated heterocycles. The van der Waals surface area contributed by atoms with Crippen molar-refractivity contribution in [1.82, 2.24) is 4.90 Å². The van der Waals surface area contributed by atoms with E-state index in [0.717, 1.165) is 13.1 Å². The summed E-state index contributed by atoms with van der Waals surface area (Å²) in [6.07, 6.45) is 0. The molecule has 0 unspecified atom stereocenters. The number of urea groups is 1. The van der Waals surface area contributed by atoms with Gasteiger partial charge in [0.05, 0.1) is 5.69 Å². The van der Waals surface area contributed by atoms with Gasteiger partial charge in [-0.15, -0.1) is 0 Å². The maximum Gasteiger partial charge on any atom is 0.322 e. The van der Waals surface area contributed by atoms with E-state index in [1.807, 2.05) is 23.1 Å². The zero-order valence-corrected chi connectivity index (χ0v) is 15.8. The largest absolute Gasteiger partial charge is 0.486 e. The van der Waals surface area contributed by atoms with E-state index in [2.05, 4.69) is 42.3 Å². The summed E-state index contributed by atoms with van der Waals surface area (Å²) >= 11 is 0. The second-order valence-corrected chi connectivity index (χ2v) is 6.95. The third-order valence-electron chi connectivity index (χ3n) is 5.29. The Balaban J connectivity index is 1.40. The van der Waals surface area contributed by atoms with Crippen LogP contribution in [0.2, 0.25) is 0 Å². The molecule has 2 aliphatic rings. The number of para-hydroxylation sites is 1. The van der Waals surface area contributed by atoms with E-state index < -0.39 is 0 Å². The molecule has 27 heavy (non-hydrogen) atoms. The van der Waals surface area contributed by atoms with Crippen molar-refractivity contribution in [2.75, 3.05) is 49.6 Å². The summed E-state index contributed by atoms with van der Waals surface area (Å²) in [5, 5.41) is 2.98. The first-order chi connectivity index (χ1) is 13.1. The van der Waals surface area contributed by atoms with Crippen molar-refractivity contribution in [2.45, 2.75) is 13.8 Å². The first-order valence-electron chi connectivity index (χ1n) is 9.39. The van der Waals surface area contributed by atoms with E-state index in [0.29, 0.717) is 43.5 Å². The SMILES string of the molecule is Cc1cccc(N2CCN(C(=O)Nc3cccc4c3OCCO4)CC2)c1C. The zero-order chi connectivity index (χ0) is 18.8. The number of amides is 2. The topological polar surface area (TPSA) is 54.0 Å². The third-order valence-corrected chi connectivity index (χ3v) is 5.29. The fourth-order valence-electron chi connectivity index (χ4n) is 3.60. The summed E-state index contributed by atoms with van der Waals surface area (Å²) in [5.74, 6) is 1.30. The lowest BCUT2D eigenvalue weighted by atomic mass is 10.1. The highest BCUT2D eigenvalue weighted by molar-refractivity contribution is 5.92. The molecule has 0 aromatic heterocycles. The molecule has 0 aliphatic carbocycles. The van der Waals surface area contributed by atoms with E-state index in [1.165, 1.54) is 16.8 Å². The van der Waals surface area contributed by atoms with Crippen molar-refractivity contribution in [3.63, 3.8) is 0 Å². The van der Waals surface area contributed by atoms with Gasteiger partial charge in [-0.2, -0.15) is 0 Å². The number of piperazine rings is 1. The van der Waals surface area contributed by atoms with E-state index in [-0.39, 0.29) is 6.03 Å². The summed E-state index contributed by atoms with van der Waals surface area (Å²) < 4.78 is 11.3. The van der Waals surface area contributed by atoms with Gasteiger partial charge in [-0.25, -0.2) is 4.79 Å². The van der Waals surface area contributed by atoms with Gasteiger partial charge in [0.2, 0.25) is 0 Å². The summed E-state index contributed by atoms with van der Waals surface area (Å²) in [4.78, 5) is 16.9. The number of nitrogens with one attached hydrogen (secondary N) is 1. The Morgan fingerprint density at radius 2 is 1.70 bits per heavy atom. The number of hydrogen-bond donors (Lipinski definition) is 1. The Kier molecular flexibility index (Phi) is 4.79. The van der Waals surface area contributed by atoms with Crippen LogP contribution in [0.1, 0.15) is 11.1 Å². The van der Waals surface area contributed by atoms with Gasteiger partial charge in [-0.05, 0) is 43.2 Å². The number of fused-ring (bicyclic) bond motifs is 1. The number of carbonyl (C=O) groups excluding carboxylic acids is 1. The lowest BCUT2D eigenvalue weighted by Crippen LogP contribution is -2.50. The van der Waals surface area contributed by atoms with Gasteiger partial charge in [0.1, 0.15) is 13.2 Å². The zero-order valence-electron chi connectivity index (χ0n) is 15.8. The Morgan fingerprint density at radius 3 is 2.52 bits per heavy atom. The van der Waals surface area contributed by atoms with Crippen LogP contribution in [0.3, 0.4) is 0 Å². The number of aryl methyl sites for hydroxylation is 1. The molecule has 0 saturated carbocycles. The van der Waals surface area contributed by atoms with Crippen molar-refractivity contribution < 1.29 is 14.3 Å². The van der Waals surface area contributed by atoms with Crippen LogP contribution in [0.4, 0.5) is 16.2 Å². The summed E-state index contributed by atoms with van der Waals surface area (Å²) in [7, 11) is 0. The molecular weight excluding hydrogens is 342 g/mol. The minimum Gasteiger partial charge on any atom is -0.486 e. The molecule has 6 nitrogen and oxygen atoms in total. The molecule has 1 fully saturated rings. The number of ether oxygens (including phenoxy) is 2. The molecule has 2 heterocycles. The van der Waals surface area contributed by atoms with Crippen LogP contribution in [0.25, 0.3) is 0 Å².